The van der Waals surface area contributed by atoms with E-state index in [0.717, 1.165) is 25.9 Å². The molecule has 0 bridgehead atoms. The van der Waals surface area contributed by atoms with Crippen molar-refractivity contribution in [3.05, 3.63) is 42.0 Å². The second kappa shape index (κ2) is 8.38. The molecule has 28 heavy (non-hydrogen) atoms. The van der Waals surface area contributed by atoms with Crippen LogP contribution in [-0.4, -0.2) is 49.4 Å². The largest absolute Gasteiger partial charge is 0.368 e. The zero-order valence-electron chi connectivity index (χ0n) is 16.7. The first kappa shape index (κ1) is 19.0. The summed E-state index contributed by atoms with van der Waals surface area (Å²) >= 11 is 0. The molecule has 0 aromatic heterocycles. The Labute approximate surface area is 167 Å². The molecule has 1 heterocycles. The zero-order chi connectivity index (χ0) is 19.4. The van der Waals surface area contributed by atoms with Crippen molar-refractivity contribution in [1.29, 1.82) is 0 Å². The van der Waals surface area contributed by atoms with E-state index in [2.05, 4.69) is 28.4 Å². The second-order valence-corrected chi connectivity index (χ2v) is 8.31. The number of hydrogen-bond donors (Lipinski definition) is 1. The van der Waals surface area contributed by atoms with E-state index in [1.165, 1.54) is 30.5 Å². The minimum Gasteiger partial charge on any atom is -0.368 e. The van der Waals surface area contributed by atoms with Gasteiger partial charge in [-0.3, -0.25) is 9.59 Å². The van der Waals surface area contributed by atoms with Crippen molar-refractivity contribution in [2.45, 2.75) is 44.9 Å². The van der Waals surface area contributed by atoms with Gasteiger partial charge >= 0.3 is 0 Å². The van der Waals surface area contributed by atoms with Gasteiger partial charge in [0.15, 0.2) is 0 Å². The average molecular weight is 382 g/mol. The molecule has 1 N–H and O–H groups in total. The van der Waals surface area contributed by atoms with Crippen LogP contribution < -0.4 is 10.2 Å². The Morgan fingerprint density at radius 3 is 2.39 bits per heavy atom. The molecule has 1 aromatic carbocycles. The molecule has 0 spiro atoms. The predicted molar refractivity (Wildman–Crippen MR) is 111 cm³/mol. The Morgan fingerprint density at radius 2 is 1.75 bits per heavy atom. The molecule has 2 aliphatic carbocycles. The lowest BCUT2D eigenvalue weighted by molar-refractivity contribution is -0.144. The van der Waals surface area contributed by atoms with E-state index in [9.17, 15) is 9.59 Å². The third-order valence-corrected chi connectivity index (χ3v) is 6.40. The van der Waals surface area contributed by atoms with E-state index in [-0.39, 0.29) is 11.8 Å². The molecule has 2 amide bonds. The lowest BCUT2D eigenvalue weighted by atomic mass is 9.97. The van der Waals surface area contributed by atoms with Crippen LogP contribution in [0.4, 0.5) is 5.69 Å². The Morgan fingerprint density at radius 1 is 1.00 bits per heavy atom. The average Bonchev–Trinajstić information content (AvgIpc) is 3.57. The van der Waals surface area contributed by atoms with Crippen molar-refractivity contribution in [2.75, 3.05) is 37.6 Å². The van der Waals surface area contributed by atoms with Crippen LogP contribution in [0.5, 0.6) is 0 Å². The number of benzene rings is 1. The Bertz CT molecular complexity index is 731. The van der Waals surface area contributed by atoms with Crippen LogP contribution in [0.15, 0.2) is 42.0 Å². The first-order valence-electron chi connectivity index (χ1n) is 10.7. The van der Waals surface area contributed by atoms with E-state index in [0.29, 0.717) is 32.5 Å². The molecular weight excluding hydrogens is 350 g/mol. The summed E-state index contributed by atoms with van der Waals surface area (Å²) in [5, 5.41) is 3.05. The number of allylic oxidation sites excluding steroid dienone is 1. The van der Waals surface area contributed by atoms with E-state index < -0.39 is 5.41 Å². The number of nitrogens with one attached hydrogen (secondary N) is 1. The topological polar surface area (TPSA) is 52.7 Å². The van der Waals surface area contributed by atoms with Gasteiger partial charge in [-0.25, -0.2) is 0 Å². The predicted octanol–water partition coefficient (Wildman–Crippen LogP) is 3.12. The summed E-state index contributed by atoms with van der Waals surface area (Å²) < 4.78 is 0. The number of hydrogen-bond acceptors (Lipinski definition) is 3. The minimum absolute atomic E-state index is 0.0367. The second-order valence-electron chi connectivity index (χ2n) is 8.31. The number of rotatable bonds is 6. The summed E-state index contributed by atoms with van der Waals surface area (Å²) in [6.45, 7) is 3.68. The van der Waals surface area contributed by atoms with Gasteiger partial charge < -0.3 is 15.1 Å². The summed E-state index contributed by atoms with van der Waals surface area (Å²) in [7, 11) is 0. The normalized spacial score (nSPS) is 21.1. The Kier molecular flexibility index (Phi) is 5.69. The van der Waals surface area contributed by atoms with Crippen molar-refractivity contribution in [3.63, 3.8) is 0 Å². The van der Waals surface area contributed by atoms with Crippen LogP contribution in [0.3, 0.4) is 0 Å². The molecule has 4 rings (SSSR count). The summed E-state index contributed by atoms with van der Waals surface area (Å²) in [5.74, 6) is -0.0195. The fourth-order valence-electron chi connectivity index (χ4n) is 4.41. The lowest BCUT2D eigenvalue weighted by Crippen LogP contribution is -2.53. The molecule has 2 fully saturated rings. The maximum Gasteiger partial charge on any atom is 0.238 e. The third kappa shape index (κ3) is 4.08. The highest BCUT2D eigenvalue weighted by molar-refractivity contribution is 6.07. The number of para-hydroxylation sites is 1. The molecule has 5 heteroatoms. The molecule has 5 nitrogen and oxygen atoms in total. The molecule has 1 aliphatic heterocycles. The van der Waals surface area contributed by atoms with Crippen LogP contribution in [0.1, 0.15) is 44.9 Å². The lowest BCUT2D eigenvalue weighted by Gasteiger charge is -2.37. The number of carbonyl (C=O) groups is 2. The van der Waals surface area contributed by atoms with Gasteiger partial charge in [0.1, 0.15) is 5.41 Å². The zero-order valence-corrected chi connectivity index (χ0v) is 16.7. The number of anilines is 1. The van der Waals surface area contributed by atoms with Gasteiger partial charge in [-0.05, 0) is 57.1 Å². The number of nitrogens with zero attached hydrogens (tertiary/aromatic N) is 2. The summed E-state index contributed by atoms with van der Waals surface area (Å²) in [4.78, 5) is 30.0. The molecule has 150 valence electrons. The summed E-state index contributed by atoms with van der Waals surface area (Å²) in [6, 6.07) is 10.3. The van der Waals surface area contributed by atoms with Gasteiger partial charge in [0.2, 0.25) is 11.8 Å². The molecule has 0 unspecified atom stereocenters. The first-order valence-corrected chi connectivity index (χ1v) is 10.7. The monoisotopic (exact) mass is 381 g/mol. The van der Waals surface area contributed by atoms with Gasteiger partial charge in [0, 0.05) is 38.4 Å². The highest BCUT2D eigenvalue weighted by Gasteiger charge is 2.58. The molecule has 1 saturated heterocycles. The van der Waals surface area contributed by atoms with Crippen LogP contribution >= 0.6 is 0 Å². The molecule has 1 saturated carbocycles. The fraction of sp³-hybridized carbons (Fsp3) is 0.565. The number of amides is 2. The molecule has 0 atom stereocenters. The third-order valence-electron chi connectivity index (χ3n) is 6.40. The van der Waals surface area contributed by atoms with Crippen LogP contribution in [0.2, 0.25) is 0 Å². The highest BCUT2D eigenvalue weighted by Crippen LogP contribution is 2.47. The van der Waals surface area contributed by atoms with E-state index in [1.807, 2.05) is 23.1 Å². The maximum atomic E-state index is 13.1. The van der Waals surface area contributed by atoms with E-state index in [4.69, 9.17) is 0 Å². The minimum atomic E-state index is -0.782. The van der Waals surface area contributed by atoms with Crippen molar-refractivity contribution in [2.24, 2.45) is 5.41 Å². The summed E-state index contributed by atoms with van der Waals surface area (Å²) in [6.07, 6.45) is 9.50. The number of carbonyl (C=O) groups excluding carboxylic acids is 2. The molecule has 3 aliphatic rings. The van der Waals surface area contributed by atoms with Gasteiger partial charge in [-0.1, -0.05) is 29.8 Å². The van der Waals surface area contributed by atoms with Gasteiger partial charge in [-0.2, -0.15) is 0 Å². The fourth-order valence-corrected chi connectivity index (χ4v) is 4.41. The first-order chi connectivity index (χ1) is 13.7. The van der Waals surface area contributed by atoms with Crippen molar-refractivity contribution < 1.29 is 9.59 Å². The Hall–Kier alpha value is -2.30. The van der Waals surface area contributed by atoms with Crippen LogP contribution in [0, 0.1) is 5.41 Å². The molecule has 0 radical (unpaired) electrons. The van der Waals surface area contributed by atoms with Crippen LogP contribution in [-0.2, 0) is 9.59 Å². The summed E-state index contributed by atoms with van der Waals surface area (Å²) in [5.41, 5.74) is 1.88. The standard InChI is InChI=1S/C23H31N3O2/c27-21(24-14-11-19-7-3-1-4-8-19)23(12-13-23)22(28)26-17-15-25(16-18-26)20-9-5-2-6-10-20/h2,5-7,9-10H,1,3-4,8,11-18H2,(H,24,27). The highest BCUT2D eigenvalue weighted by atomic mass is 16.2. The van der Waals surface area contributed by atoms with E-state index >= 15 is 0 Å². The van der Waals surface area contributed by atoms with Gasteiger partial charge in [-0.15, -0.1) is 0 Å². The SMILES string of the molecule is O=C(NCCC1=CCCCC1)C1(C(=O)N2CCN(c3ccccc3)CC2)CC1. The van der Waals surface area contributed by atoms with Crippen molar-refractivity contribution >= 4 is 17.5 Å². The number of piperazine rings is 1. The molecular formula is C23H31N3O2. The quantitative estimate of drug-likeness (QED) is 0.608. The maximum absolute atomic E-state index is 13.1. The van der Waals surface area contributed by atoms with Gasteiger partial charge in [0.05, 0.1) is 0 Å². The van der Waals surface area contributed by atoms with Crippen molar-refractivity contribution in [1.82, 2.24) is 10.2 Å². The molecule has 1 aromatic rings. The smallest absolute Gasteiger partial charge is 0.238 e. The Balaban J connectivity index is 1.27. The van der Waals surface area contributed by atoms with Crippen molar-refractivity contribution in [3.8, 4) is 0 Å². The van der Waals surface area contributed by atoms with Crippen LogP contribution in [0.25, 0.3) is 0 Å². The van der Waals surface area contributed by atoms with Gasteiger partial charge in [0.25, 0.3) is 0 Å². The van der Waals surface area contributed by atoms with E-state index in [1.54, 1.807) is 0 Å².